The van der Waals surface area contributed by atoms with E-state index in [0.29, 0.717) is 54.1 Å². The summed E-state index contributed by atoms with van der Waals surface area (Å²) >= 11 is 6.08. The first kappa shape index (κ1) is 23.0. The van der Waals surface area contributed by atoms with Gasteiger partial charge in [-0.2, -0.15) is 13.2 Å². The van der Waals surface area contributed by atoms with E-state index in [1.54, 1.807) is 18.2 Å². The molecule has 1 aliphatic rings. The van der Waals surface area contributed by atoms with Gasteiger partial charge in [0, 0.05) is 44.0 Å². The van der Waals surface area contributed by atoms with Gasteiger partial charge in [0.15, 0.2) is 0 Å². The molecule has 168 valence electrons. The monoisotopic (exact) mass is 457 g/mol. The van der Waals surface area contributed by atoms with Gasteiger partial charge in [0.25, 0.3) is 0 Å². The number of anilines is 2. The molecule has 2 aromatic carbocycles. The molecule has 0 saturated carbocycles. The first-order valence-electron chi connectivity index (χ1n) is 9.57. The summed E-state index contributed by atoms with van der Waals surface area (Å²) in [6.07, 6.45) is -4.37. The summed E-state index contributed by atoms with van der Waals surface area (Å²) in [6, 6.07) is 8.44. The molecular formula is C21H23ClF3N3O3. The molecule has 0 radical (unpaired) electrons. The number of hydrogen-bond acceptors (Lipinski definition) is 5. The molecule has 0 atom stereocenters. The second kappa shape index (κ2) is 9.65. The summed E-state index contributed by atoms with van der Waals surface area (Å²) in [4.78, 5) is 16.3. The maximum atomic E-state index is 12.9. The van der Waals surface area contributed by atoms with Crippen LogP contribution >= 0.6 is 11.6 Å². The maximum Gasteiger partial charge on any atom is 0.416 e. The molecule has 1 saturated heterocycles. The van der Waals surface area contributed by atoms with Crippen molar-refractivity contribution in [2.45, 2.75) is 6.18 Å². The minimum Gasteiger partial charge on any atom is -0.495 e. The van der Waals surface area contributed by atoms with Gasteiger partial charge in [0.1, 0.15) is 11.5 Å². The van der Waals surface area contributed by atoms with Gasteiger partial charge in [0.05, 0.1) is 37.0 Å². The lowest BCUT2D eigenvalue weighted by Crippen LogP contribution is -2.48. The molecule has 1 heterocycles. The normalized spacial score (nSPS) is 15.0. The second-order valence-corrected chi connectivity index (χ2v) is 7.45. The van der Waals surface area contributed by atoms with Crippen LogP contribution in [0, 0.1) is 0 Å². The largest absolute Gasteiger partial charge is 0.495 e. The van der Waals surface area contributed by atoms with Crippen molar-refractivity contribution in [3.8, 4) is 11.5 Å². The third-order valence-corrected chi connectivity index (χ3v) is 5.32. The molecule has 3 rings (SSSR count). The molecule has 31 heavy (non-hydrogen) atoms. The average Bonchev–Trinajstić information content (AvgIpc) is 2.74. The number of nitrogens with one attached hydrogen (secondary N) is 1. The number of piperazine rings is 1. The van der Waals surface area contributed by atoms with Crippen LogP contribution in [0.2, 0.25) is 5.02 Å². The van der Waals surface area contributed by atoms with Crippen molar-refractivity contribution in [2.75, 3.05) is 57.2 Å². The Morgan fingerprint density at radius 3 is 2.35 bits per heavy atom. The molecule has 0 aromatic heterocycles. The SMILES string of the molecule is COc1cc(NC(=O)CN2CCN(c3cccc(C(F)(F)F)c3)CC2)c(OC)cc1Cl. The summed E-state index contributed by atoms with van der Waals surface area (Å²) in [5.41, 5.74) is 0.299. The quantitative estimate of drug-likeness (QED) is 0.706. The van der Waals surface area contributed by atoms with Gasteiger partial charge in [-0.1, -0.05) is 17.7 Å². The number of hydrogen-bond donors (Lipinski definition) is 1. The highest BCUT2D eigenvalue weighted by Gasteiger charge is 2.31. The first-order valence-corrected chi connectivity index (χ1v) is 9.95. The van der Waals surface area contributed by atoms with Crippen LogP contribution in [0.4, 0.5) is 24.5 Å². The van der Waals surface area contributed by atoms with Gasteiger partial charge in [-0.3, -0.25) is 9.69 Å². The Morgan fingerprint density at radius 2 is 1.74 bits per heavy atom. The molecule has 0 unspecified atom stereocenters. The summed E-state index contributed by atoms with van der Waals surface area (Å²) in [5.74, 6) is 0.580. The van der Waals surface area contributed by atoms with Crippen LogP contribution in [-0.2, 0) is 11.0 Å². The minimum absolute atomic E-state index is 0.143. The van der Waals surface area contributed by atoms with Gasteiger partial charge in [0.2, 0.25) is 5.91 Å². The molecule has 0 aliphatic carbocycles. The molecular weight excluding hydrogens is 435 g/mol. The van der Waals surface area contributed by atoms with Crippen LogP contribution in [-0.4, -0.2) is 57.8 Å². The Kier molecular flexibility index (Phi) is 7.17. The van der Waals surface area contributed by atoms with Crippen molar-refractivity contribution >= 4 is 28.9 Å². The summed E-state index contributed by atoms with van der Waals surface area (Å²) < 4.78 is 49.3. The highest BCUT2D eigenvalue weighted by Crippen LogP contribution is 2.36. The van der Waals surface area contributed by atoms with Crippen molar-refractivity contribution in [3.63, 3.8) is 0 Å². The van der Waals surface area contributed by atoms with Gasteiger partial charge in [-0.05, 0) is 18.2 Å². The number of methoxy groups -OCH3 is 2. The van der Waals surface area contributed by atoms with E-state index >= 15 is 0 Å². The second-order valence-electron chi connectivity index (χ2n) is 7.05. The number of ether oxygens (including phenoxy) is 2. The Labute approximate surface area is 183 Å². The van der Waals surface area contributed by atoms with Crippen LogP contribution in [0.15, 0.2) is 36.4 Å². The summed E-state index contributed by atoms with van der Waals surface area (Å²) in [7, 11) is 2.95. The van der Waals surface area contributed by atoms with E-state index in [0.717, 1.165) is 12.1 Å². The van der Waals surface area contributed by atoms with Crippen LogP contribution in [0.25, 0.3) is 0 Å². The van der Waals surface area contributed by atoms with E-state index in [2.05, 4.69) is 5.32 Å². The number of benzene rings is 2. The van der Waals surface area contributed by atoms with Crippen LogP contribution in [0.1, 0.15) is 5.56 Å². The number of halogens is 4. The first-order chi connectivity index (χ1) is 14.7. The number of carbonyl (C=O) groups is 1. The van der Waals surface area contributed by atoms with E-state index < -0.39 is 11.7 Å². The maximum absolute atomic E-state index is 12.9. The van der Waals surface area contributed by atoms with E-state index in [9.17, 15) is 18.0 Å². The van der Waals surface area contributed by atoms with Gasteiger partial charge in [-0.15, -0.1) is 0 Å². The molecule has 1 fully saturated rings. The third kappa shape index (κ3) is 5.74. The van der Waals surface area contributed by atoms with Gasteiger partial charge < -0.3 is 19.7 Å². The van der Waals surface area contributed by atoms with Crippen LogP contribution in [0.3, 0.4) is 0 Å². The number of amides is 1. The molecule has 2 aromatic rings. The summed E-state index contributed by atoms with van der Waals surface area (Å²) in [6.45, 7) is 2.28. The van der Waals surface area contributed by atoms with E-state index in [-0.39, 0.29) is 12.5 Å². The zero-order chi connectivity index (χ0) is 22.6. The summed E-state index contributed by atoms with van der Waals surface area (Å²) in [5, 5.41) is 3.16. The Balaban J connectivity index is 1.57. The molecule has 1 N–H and O–H groups in total. The number of nitrogens with zero attached hydrogens (tertiary/aromatic N) is 2. The van der Waals surface area contributed by atoms with Crippen LogP contribution < -0.4 is 19.7 Å². The van der Waals surface area contributed by atoms with Crippen molar-refractivity contribution in [1.82, 2.24) is 4.90 Å². The minimum atomic E-state index is -4.37. The fourth-order valence-electron chi connectivity index (χ4n) is 3.39. The Morgan fingerprint density at radius 1 is 1.06 bits per heavy atom. The van der Waals surface area contributed by atoms with Crippen molar-refractivity contribution in [2.24, 2.45) is 0 Å². The average molecular weight is 458 g/mol. The predicted molar refractivity (Wildman–Crippen MR) is 113 cm³/mol. The molecule has 0 bridgehead atoms. The van der Waals surface area contributed by atoms with Gasteiger partial charge >= 0.3 is 6.18 Å². The molecule has 1 amide bonds. The lowest BCUT2D eigenvalue weighted by atomic mass is 10.1. The molecule has 0 spiro atoms. The molecule has 1 aliphatic heterocycles. The lowest BCUT2D eigenvalue weighted by molar-refractivity contribution is -0.137. The van der Waals surface area contributed by atoms with E-state index in [4.69, 9.17) is 21.1 Å². The fourth-order valence-corrected chi connectivity index (χ4v) is 3.62. The zero-order valence-electron chi connectivity index (χ0n) is 17.1. The van der Waals surface area contributed by atoms with Crippen LogP contribution in [0.5, 0.6) is 11.5 Å². The molecule has 6 nitrogen and oxygen atoms in total. The number of rotatable bonds is 6. The highest BCUT2D eigenvalue weighted by molar-refractivity contribution is 6.32. The van der Waals surface area contributed by atoms with E-state index in [1.165, 1.54) is 20.3 Å². The molecule has 10 heteroatoms. The van der Waals surface area contributed by atoms with Crippen molar-refractivity contribution < 1.29 is 27.4 Å². The van der Waals surface area contributed by atoms with Crippen molar-refractivity contribution in [3.05, 3.63) is 47.0 Å². The van der Waals surface area contributed by atoms with Crippen molar-refractivity contribution in [1.29, 1.82) is 0 Å². The standard InChI is InChI=1S/C21H23ClF3N3O3/c1-30-18-12-17(19(31-2)11-16(18)22)26-20(29)13-27-6-8-28(9-7-27)15-5-3-4-14(10-15)21(23,24)25/h3-5,10-12H,6-9,13H2,1-2H3,(H,26,29). The fraction of sp³-hybridized carbons (Fsp3) is 0.381. The third-order valence-electron chi connectivity index (χ3n) is 5.03. The van der Waals surface area contributed by atoms with E-state index in [1.807, 2.05) is 9.80 Å². The Hall–Kier alpha value is -2.65. The number of carbonyl (C=O) groups excluding carboxylic acids is 1. The van der Waals surface area contributed by atoms with Gasteiger partial charge in [-0.25, -0.2) is 0 Å². The number of alkyl halides is 3. The Bertz CT molecular complexity index is 932. The highest BCUT2D eigenvalue weighted by atomic mass is 35.5. The smallest absolute Gasteiger partial charge is 0.416 e. The topological polar surface area (TPSA) is 54.0 Å². The lowest BCUT2D eigenvalue weighted by Gasteiger charge is -2.36. The predicted octanol–water partition coefficient (Wildman–Crippen LogP) is 4.14. The zero-order valence-corrected chi connectivity index (χ0v) is 17.9.